The van der Waals surface area contributed by atoms with Crippen molar-refractivity contribution in [3.05, 3.63) is 65.7 Å². The summed E-state index contributed by atoms with van der Waals surface area (Å²) in [6.07, 6.45) is -3.50. The van der Waals surface area contributed by atoms with Crippen molar-refractivity contribution >= 4 is 17.8 Å². The lowest BCUT2D eigenvalue weighted by Gasteiger charge is -2.41. The molecule has 2 fully saturated rings. The molecule has 172 valence electrons. The van der Waals surface area contributed by atoms with E-state index in [0.29, 0.717) is 39.4 Å². The predicted molar refractivity (Wildman–Crippen MR) is 119 cm³/mol. The van der Waals surface area contributed by atoms with Crippen molar-refractivity contribution in [2.24, 2.45) is 5.92 Å². The highest BCUT2D eigenvalue weighted by atomic mass is 32.2. The first kappa shape index (κ1) is 23.0. The monoisotopic (exact) mass is 464 g/mol. The van der Waals surface area contributed by atoms with Crippen molar-refractivity contribution in [2.75, 3.05) is 45.1 Å². The number of rotatable bonds is 4. The number of thioether (sulfide) groups is 1. The maximum atomic E-state index is 13.2. The van der Waals surface area contributed by atoms with Crippen molar-refractivity contribution in [3.8, 4) is 0 Å². The number of piperidine rings is 1. The quantitative estimate of drug-likeness (QED) is 0.572. The molecule has 4 nitrogen and oxygen atoms in total. The Morgan fingerprint density at radius 3 is 2.31 bits per heavy atom. The van der Waals surface area contributed by atoms with Gasteiger partial charge in [0.1, 0.15) is 0 Å². The average Bonchev–Trinajstić information content (AvgIpc) is 2.83. The summed E-state index contributed by atoms with van der Waals surface area (Å²) in [5, 5.41) is 0. The van der Waals surface area contributed by atoms with E-state index in [1.54, 1.807) is 23.9 Å². The number of carbonyl (C=O) groups excluding carboxylic acids is 1. The van der Waals surface area contributed by atoms with Crippen LogP contribution in [0.15, 0.2) is 59.5 Å². The average molecular weight is 465 g/mol. The van der Waals surface area contributed by atoms with Crippen LogP contribution in [0.1, 0.15) is 23.5 Å². The molecule has 4 rings (SSSR count). The molecule has 2 aliphatic heterocycles. The zero-order chi connectivity index (χ0) is 22.6. The van der Waals surface area contributed by atoms with E-state index in [-0.39, 0.29) is 17.9 Å². The molecule has 0 N–H and O–H groups in total. The third-order valence-corrected chi connectivity index (χ3v) is 7.27. The number of carbonyl (C=O) groups is 1. The zero-order valence-corrected chi connectivity index (χ0v) is 18.6. The van der Waals surface area contributed by atoms with Crippen LogP contribution in [0.3, 0.4) is 0 Å². The van der Waals surface area contributed by atoms with Gasteiger partial charge in [-0.2, -0.15) is 13.2 Å². The summed E-state index contributed by atoms with van der Waals surface area (Å²) in [7, 11) is 0. The lowest BCUT2D eigenvalue weighted by molar-refractivity contribution is -0.137. The molecule has 2 aliphatic rings. The van der Waals surface area contributed by atoms with Crippen molar-refractivity contribution in [3.63, 3.8) is 0 Å². The van der Waals surface area contributed by atoms with Crippen molar-refractivity contribution in [1.29, 1.82) is 0 Å². The van der Waals surface area contributed by atoms with Gasteiger partial charge in [0.25, 0.3) is 0 Å². The molecule has 8 heteroatoms. The second-order valence-electron chi connectivity index (χ2n) is 8.33. The predicted octanol–water partition coefficient (Wildman–Crippen LogP) is 5.36. The normalized spacial score (nSPS) is 22.1. The minimum atomic E-state index is -4.35. The highest BCUT2D eigenvalue weighted by Gasteiger charge is 2.34. The second-order valence-corrected chi connectivity index (χ2v) is 9.42. The van der Waals surface area contributed by atoms with Gasteiger partial charge in [-0.15, -0.1) is 11.8 Å². The van der Waals surface area contributed by atoms with E-state index < -0.39 is 11.7 Å². The van der Waals surface area contributed by atoms with Gasteiger partial charge < -0.3 is 14.5 Å². The van der Waals surface area contributed by atoms with Crippen LogP contribution in [0.25, 0.3) is 0 Å². The molecule has 2 atom stereocenters. The number of morpholine rings is 1. The Balaban J connectivity index is 1.50. The van der Waals surface area contributed by atoms with Gasteiger partial charge in [0, 0.05) is 42.7 Å². The molecule has 32 heavy (non-hydrogen) atoms. The number of nitrogens with zero attached hydrogens (tertiary/aromatic N) is 2. The Morgan fingerprint density at radius 2 is 1.66 bits per heavy atom. The summed E-state index contributed by atoms with van der Waals surface area (Å²) in [6.45, 7) is 3.40. The van der Waals surface area contributed by atoms with Crippen LogP contribution in [0.2, 0.25) is 0 Å². The molecular weight excluding hydrogens is 437 g/mol. The summed E-state index contributed by atoms with van der Waals surface area (Å²) in [5.74, 6) is 1.12. The summed E-state index contributed by atoms with van der Waals surface area (Å²) in [5.41, 5.74) is 0.210. The van der Waals surface area contributed by atoms with Crippen molar-refractivity contribution < 1.29 is 22.7 Å². The molecule has 0 saturated carbocycles. The van der Waals surface area contributed by atoms with E-state index in [1.807, 2.05) is 28.0 Å². The SMILES string of the molecule is O=C(N1CCOCC1)N1CC(CSc2ccccc2)CC(c2ccc(C(F)(F)F)cc2)C1. The molecule has 0 aromatic heterocycles. The van der Waals surface area contributed by atoms with E-state index in [1.165, 1.54) is 4.90 Å². The largest absolute Gasteiger partial charge is 0.416 e. The summed E-state index contributed by atoms with van der Waals surface area (Å²) >= 11 is 1.76. The Bertz CT molecular complexity index is 886. The molecule has 0 radical (unpaired) electrons. The van der Waals surface area contributed by atoms with Crippen LogP contribution in [0.4, 0.5) is 18.0 Å². The summed E-state index contributed by atoms with van der Waals surface area (Å²) in [4.78, 5) is 18.1. The molecule has 0 bridgehead atoms. The Labute approximate surface area is 190 Å². The van der Waals surface area contributed by atoms with E-state index in [0.717, 1.165) is 29.9 Å². The molecule has 2 amide bonds. The molecule has 2 aromatic carbocycles. The fourth-order valence-electron chi connectivity index (χ4n) is 4.35. The van der Waals surface area contributed by atoms with Crippen LogP contribution >= 0.6 is 11.8 Å². The number of hydrogen-bond acceptors (Lipinski definition) is 3. The van der Waals surface area contributed by atoms with E-state index in [9.17, 15) is 18.0 Å². The van der Waals surface area contributed by atoms with Crippen LogP contribution < -0.4 is 0 Å². The first-order valence-electron chi connectivity index (χ1n) is 10.9. The smallest absolute Gasteiger partial charge is 0.378 e. The number of hydrogen-bond donors (Lipinski definition) is 0. The highest BCUT2D eigenvalue weighted by molar-refractivity contribution is 7.99. The standard InChI is InChI=1S/C24H27F3N2O2S/c25-24(26,27)21-8-6-19(7-9-21)20-14-18(17-32-22-4-2-1-3-5-22)15-29(16-20)23(30)28-10-12-31-13-11-28/h1-9,18,20H,10-17H2. The number of halogens is 3. The third kappa shape index (κ3) is 5.78. The number of alkyl halides is 3. The minimum Gasteiger partial charge on any atom is -0.378 e. The fourth-order valence-corrected chi connectivity index (χ4v) is 5.37. The number of benzene rings is 2. The number of likely N-dealkylation sites (tertiary alicyclic amines) is 1. The zero-order valence-electron chi connectivity index (χ0n) is 17.8. The van der Waals surface area contributed by atoms with Crippen LogP contribution in [-0.2, 0) is 10.9 Å². The van der Waals surface area contributed by atoms with Gasteiger partial charge in [-0.1, -0.05) is 30.3 Å². The number of amides is 2. The molecule has 2 heterocycles. The number of urea groups is 1. The van der Waals surface area contributed by atoms with Gasteiger partial charge >= 0.3 is 12.2 Å². The highest BCUT2D eigenvalue weighted by Crippen LogP contribution is 2.36. The number of ether oxygens (including phenoxy) is 1. The molecular formula is C24H27F3N2O2S. The first-order chi connectivity index (χ1) is 15.4. The molecule has 2 saturated heterocycles. The van der Waals surface area contributed by atoms with Crippen LogP contribution in [0.5, 0.6) is 0 Å². The minimum absolute atomic E-state index is 0.000349. The van der Waals surface area contributed by atoms with E-state index >= 15 is 0 Å². The lowest BCUT2D eigenvalue weighted by atomic mass is 9.85. The summed E-state index contributed by atoms with van der Waals surface area (Å²) < 4.78 is 44.3. The summed E-state index contributed by atoms with van der Waals surface area (Å²) in [6, 6.07) is 15.5. The van der Waals surface area contributed by atoms with E-state index in [4.69, 9.17) is 4.74 Å². The maximum Gasteiger partial charge on any atom is 0.416 e. The lowest BCUT2D eigenvalue weighted by Crippen LogP contribution is -2.52. The van der Waals surface area contributed by atoms with Crippen molar-refractivity contribution in [2.45, 2.75) is 23.4 Å². The molecule has 0 spiro atoms. The molecule has 2 unspecified atom stereocenters. The maximum absolute atomic E-state index is 13.2. The van der Waals surface area contributed by atoms with Gasteiger partial charge in [-0.25, -0.2) is 4.79 Å². The Kier molecular flexibility index (Phi) is 7.30. The fraction of sp³-hybridized carbons (Fsp3) is 0.458. The second kappa shape index (κ2) is 10.2. The van der Waals surface area contributed by atoms with Gasteiger partial charge in [0.2, 0.25) is 0 Å². The topological polar surface area (TPSA) is 32.8 Å². The molecule has 2 aromatic rings. The van der Waals surface area contributed by atoms with Gasteiger partial charge in [0.15, 0.2) is 0 Å². The Morgan fingerprint density at radius 1 is 0.969 bits per heavy atom. The van der Waals surface area contributed by atoms with E-state index in [2.05, 4.69) is 12.1 Å². The Hall–Kier alpha value is -2.19. The third-order valence-electron chi connectivity index (χ3n) is 6.03. The molecule has 0 aliphatic carbocycles. The van der Waals surface area contributed by atoms with Gasteiger partial charge in [0.05, 0.1) is 18.8 Å². The van der Waals surface area contributed by atoms with Gasteiger partial charge in [-0.3, -0.25) is 0 Å². The van der Waals surface area contributed by atoms with Crippen LogP contribution in [-0.4, -0.2) is 61.0 Å². The first-order valence-corrected chi connectivity index (χ1v) is 11.9. The van der Waals surface area contributed by atoms with Gasteiger partial charge in [-0.05, 0) is 42.2 Å². The van der Waals surface area contributed by atoms with Crippen molar-refractivity contribution in [1.82, 2.24) is 9.80 Å². The van der Waals surface area contributed by atoms with Crippen LogP contribution in [0, 0.1) is 5.92 Å².